The van der Waals surface area contributed by atoms with Crippen LogP contribution in [0.5, 0.6) is 0 Å². The van der Waals surface area contributed by atoms with E-state index in [0.717, 1.165) is 5.57 Å². The quantitative estimate of drug-likeness (QED) is 0.356. The van der Waals surface area contributed by atoms with E-state index < -0.39 is 47.5 Å². The van der Waals surface area contributed by atoms with Crippen LogP contribution in [-0.2, 0) is 28.7 Å². The van der Waals surface area contributed by atoms with Crippen LogP contribution < -0.4 is 0 Å². The van der Waals surface area contributed by atoms with E-state index in [1.165, 1.54) is 0 Å². The molecule has 21 heavy (non-hydrogen) atoms. The van der Waals surface area contributed by atoms with Crippen molar-refractivity contribution in [2.75, 3.05) is 0 Å². The zero-order valence-corrected chi connectivity index (χ0v) is 11.1. The Morgan fingerprint density at radius 2 is 1.24 bits per heavy atom. The Morgan fingerprint density at radius 3 is 1.90 bits per heavy atom. The van der Waals surface area contributed by atoms with Crippen molar-refractivity contribution in [3.05, 3.63) is 11.6 Å². The monoisotopic (exact) mass is 288 g/mol. The summed E-state index contributed by atoms with van der Waals surface area (Å²) in [5, 5.41) is 0. The highest BCUT2D eigenvalue weighted by molar-refractivity contribution is 6.01. The van der Waals surface area contributed by atoms with E-state index in [-0.39, 0.29) is 23.7 Å². The van der Waals surface area contributed by atoms with E-state index >= 15 is 0 Å². The van der Waals surface area contributed by atoms with Crippen molar-refractivity contribution >= 4 is 23.9 Å². The second-order valence-corrected chi connectivity index (χ2v) is 6.75. The first-order chi connectivity index (χ1) is 10.0. The first-order valence-corrected chi connectivity index (χ1v) is 7.20. The van der Waals surface area contributed by atoms with Gasteiger partial charge in [-0.25, -0.2) is 0 Å². The molecule has 6 heteroatoms. The normalized spacial score (nSPS) is 52.5. The fraction of sp³-hybridized carbons (Fsp3) is 0.600. The van der Waals surface area contributed by atoms with E-state index in [2.05, 4.69) is 0 Å². The lowest BCUT2D eigenvalue weighted by molar-refractivity contribution is -0.168. The minimum atomic E-state index is -0.489. The molecule has 8 atom stereocenters. The molecule has 4 aliphatic carbocycles. The molecule has 4 fully saturated rings. The maximum Gasteiger partial charge on any atom is 0.318 e. The summed E-state index contributed by atoms with van der Waals surface area (Å²) in [7, 11) is 0. The van der Waals surface area contributed by atoms with Crippen LogP contribution in [0.3, 0.4) is 0 Å². The van der Waals surface area contributed by atoms with Crippen molar-refractivity contribution in [3.8, 4) is 0 Å². The lowest BCUT2D eigenvalue weighted by Gasteiger charge is -2.60. The molecule has 0 aromatic carbocycles. The third-order valence-electron chi connectivity index (χ3n) is 6.18. The molecule has 108 valence electrons. The van der Waals surface area contributed by atoms with Crippen LogP contribution in [0, 0.1) is 47.3 Å². The Hall–Kier alpha value is -1.98. The van der Waals surface area contributed by atoms with Gasteiger partial charge in [0.25, 0.3) is 0 Å². The van der Waals surface area contributed by atoms with Gasteiger partial charge >= 0.3 is 23.9 Å². The molecular formula is C15H12O6. The number of fused-ring (bicyclic) bond motifs is 1. The molecule has 2 aliphatic heterocycles. The van der Waals surface area contributed by atoms with Gasteiger partial charge in [-0.3, -0.25) is 19.2 Å². The van der Waals surface area contributed by atoms with Crippen LogP contribution in [0.2, 0.25) is 0 Å². The van der Waals surface area contributed by atoms with Gasteiger partial charge < -0.3 is 9.47 Å². The Labute approximate surface area is 119 Å². The molecule has 0 aromatic rings. The van der Waals surface area contributed by atoms with Crippen molar-refractivity contribution in [2.24, 2.45) is 47.3 Å². The molecule has 2 bridgehead atoms. The number of esters is 4. The largest absolute Gasteiger partial charge is 0.393 e. The van der Waals surface area contributed by atoms with E-state index in [1.54, 1.807) is 0 Å². The number of allylic oxidation sites excluding steroid dienone is 2. The van der Waals surface area contributed by atoms with E-state index in [9.17, 15) is 19.2 Å². The Morgan fingerprint density at radius 1 is 0.714 bits per heavy atom. The maximum absolute atomic E-state index is 12.0. The van der Waals surface area contributed by atoms with Crippen LogP contribution in [0.15, 0.2) is 11.6 Å². The smallest absolute Gasteiger partial charge is 0.318 e. The van der Waals surface area contributed by atoms with Crippen molar-refractivity contribution in [1.82, 2.24) is 0 Å². The van der Waals surface area contributed by atoms with Crippen molar-refractivity contribution in [3.63, 3.8) is 0 Å². The second-order valence-electron chi connectivity index (χ2n) is 6.75. The number of hydrogen-bond donors (Lipinski definition) is 0. The molecule has 6 aliphatic rings. The standard InChI is InChI=1S/C15H12O6/c1-3-2-4-6-8(11-10(6)14(18)21-15(11)19)5(3)9-7(4)12(16)20-13(9)17/h2,4-11H,1H3/t4-,5-,6+,7+,8+,9-,10-,11+/m1/s1. The van der Waals surface area contributed by atoms with Gasteiger partial charge in [0.05, 0.1) is 23.7 Å². The fourth-order valence-corrected chi connectivity index (χ4v) is 5.60. The summed E-state index contributed by atoms with van der Waals surface area (Å²) >= 11 is 0. The zero-order valence-electron chi connectivity index (χ0n) is 11.1. The van der Waals surface area contributed by atoms with Crippen LogP contribution >= 0.6 is 0 Å². The lowest BCUT2D eigenvalue weighted by atomic mass is 9.39. The number of carbonyl (C=O) groups is 4. The van der Waals surface area contributed by atoms with Crippen molar-refractivity contribution in [2.45, 2.75) is 6.92 Å². The number of carbonyl (C=O) groups excluding carboxylic acids is 4. The van der Waals surface area contributed by atoms with Crippen LogP contribution in [0.1, 0.15) is 6.92 Å². The van der Waals surface area contributed by atoms with Crippen molar-refractivity contribution in [1.29, 1.82) is 0 Å². The summed E-state index contributed by atoms with van der Waals surface area (Å²) in [5.74, 6) is -4.27. The van der Waals surface area contributed by atoms with Gasteiger partial charge in [-0.2, -0.15) is 0 Å². The average molecular weight is 288 g/mol. The molecule has 2 saturated heterocycles. The van der Waals surface area contributed by atoms with Gasteiger partial charge in [-0.15, -0.1) is 0 Å². The van der Waals surface area contributed by atoms with Gasteiger partial charge in [0.15, 0.2) is 0 Å². The van der Waals surface area contributed by atoms with Crippen LogP contribution in [-0.4, -0.2) is 23.9 Å². The molecule has 0 amide bonds. The predicted octanol–water partition coefficient (Wildman–Crippen LogP) is 0.0699. The van der Waals surface area contributed by atoms with Crippen LogP contribution in [0.4, 0.5) is 0 Å². The number of rotatable bonds is 0. The maximum atomic E-state index is 12.0. The highest BCUT2D eigenvalue weighted by atomic mass is 16.6. The molecule has 0 N–H and O–H groups in total. The fourth-order valence-electron chi connectivity index (χ4n) is 5.60. The second kappa shape index (κ2) is 3.26. The first-order valence-electron chi connectivity index (χ1n) is 7.20. The topological polar surface area (TPSA) is 86.7 Å². The number of ether oxygens (including phenoxy) is 2. The molecule has 2 saturated carbocycles. The molecule has 2 heterocycles. The number of cyclic esters (lactones) is 4. The average Bonchev–Trinajstić information content (AvgIpc) is 2.79. The predicted molar refractivity (Wildman–Crippen MR) is 63.9 cm³/mol. The highest BCUT2D eigenvalue weighted by Gasteiger charge is 2.75. The third kappa shape index (κ3) is 1.06. The summed E-state index contributed by atoms with van der Waals surface area (Å²) < 4.78 is 9.60. The van der Waals surface area contributed by atoms with Gasteiger partial charge in [0, 0.05) is 0 Å². The van der Waals surface area contributed by atoms with Crippen LogP contribution in [0.25, 0.3) is 0 Å². The zero-order chi connectivity index (χ0) is 14.6. The summed E-state index contributed by atoms with van der Waals surface area (Å²) in [6.45, 7) is 1.93. The molecule has 6 rings (SSSR count). The Bertz CT molecular complexity index is 676. The third-order valence-corrected chi connectivity index (χ3v) is 6.18. The van der Waals surface area contributed by atoms with E-state index in [1.807, 2.05) is 13.0 Å². The Balaban J connectivity index is 1.66. The molecular weight excluding hydrogens is 276 g/mol. The SMILES string of the molecule is CC1=C[C@H]2[C@@H]3C(=O)OC(=O)[C@@H]3[C@H]1[C@@H]1[C@@H]3C(=O)OC(=O)[C@@H]3[C@@H]21. The first kappa shape index (κ1) is 11.7. The molecule has 6 nitrogen and oxygen atoms in total. The highest BCUT2D eigenvalue weighted by Crippen LogP contribution is 2.69. The van der Waals surface area contributed by atoms with Gasteiger partial charge in [-0.05, 0) is 30.6 Å². The summed E-state index contributed by atoms with van der Waals surface area (Å²) in [6.07, 6.45) is 2.00. The van der Waals surface area contributed by atoms with Gasteiger partial charge in [0.1, 0.15) is 0 Å². The summed E-state index contributed by atoms with van der Waals surface area (Å²) in [4.78, 5) is 47.7. The lowest BCUT2D eigenvalue weighted by Crippen LogP contribution is -2.64. The van der Waals surface area contributed by atoms with Gasteiger partial charge in [-0.1, -0.05) is 11.6 Å². The van der Waals surface area contributed by atoms with E-state index in [0.29, 0.717) is 0 Å². The van der Waals surface area contributed by atoms with E-state index in [4.69, 9.17) is 9.47 Å². The van der Waals surface area contributed by atoms with Gasteiger partial charge in [0.2, 0.25) is 0 Å². The molecule has 0 aromatic heterocycles. The minimum absolute atomic E-state index is 0.0661. The summed E-state index contributed by atoms with van der Waals surface area (Å²) in [6, 6.07) is 0. The van der Waals surface area contributed by atoms with Crippen molar-refractivity contribution < 1.29 is 28.7 Å². The number of hydrogen-bond acceptors (Lipinski definition) is 6. The Kier molecular flexibility index (Phi) is 1.81. The minimum Gasteiger partial charge on any atom is -0.393 e. The molecule has 0 radical (unpaired) electrons. The molecule has 0 spiro atoms. The summed E-state index contributed by atoms with van der Waals surface area (Å²) in [5.41, 5.74) is 1.03. The molecule has 0 unspecified atom stereocenters.